The fraction of sp³-hybridized carbons (Fsp3) is 0.150. The lowest BCUT2D eigenvalue weighted by Gasteiger charge is -2.05. The van der Waals surface area contributed by atoms with Crippen molar-refractivity contribution in [1.29, 1.82) is 0 Å². The second-order valence-corrected chi connectivity index (χ2v) is 8.80. The van der Waals surface area contributed by atoms with E-state index in [9.17, 15) is 13.2 Å². The predicted molar refractivity (Wildman–Crippen MR) is 108 cm³/mol. The standard InChI is InChI=1S/C20H20N2O3S2/c1-14-13-18(26-19(14)16-5-3-2-4-6-16)20(23)22-12-11-15-7-9-17(10-8-15)27(21,24)25/h2-10,13H,11-12H2,1H3,(H,22,23)(H2,21,24,25). The maximum Gasteiger partial charge on any atom is 0.261 e. The van der Waals surface area contributed by atoms with Gasteiger partial charge in [0.25, 0.3) is 5.91 Å². The summed E-state index contributed by atoms with van der Waals surface area (Å²) in [4.78, 5) is 14.3. The summed E-state index contributed by atoms with van der Waals surface area (Å²) in [6.07, 6.45) is 0.604. The van der Waals surface area contributed by atoms with Crippen LogP contribution in [0.1, 0.15) is 20.8 Å². The molecule has 7 heteroatoms. The van der Waals surface area contributed by atoms with E-state index in [0.717, 1.165) is 21.6 Å². The van der Waals surface area contributed by atoms with Crippen LogP contribution in [-0.2, 0) is 16.4 Å². The van der Waals surface area contributed by atoms with Gasteiger partial charge in [0.1, 0.15) is 0 Å². The summed E-state index contributed by atoms with van der Waals surface area (Å²) in [7, 11) is -3.68. The summed E-state index contributed by atoms with van der Waals surface area (Å²) in [5.41, 5.74) is 3.11. The van der Waals surface area contributed by atoms with Crippen LogP contribution in [0.5, 0.6) is 0 Å². The average Bonchev–Trinajstić information content (AvgIpc) is 3.04. The number of carbonyl (C=O) groups is 1. The molecule has 1 amide bonds. The maximum absolute atomic E-state index is 12.4. The van der Waals surface area contributed by atoms with Crippen LogP contribution in [0.4, 0.5) is 0 Å². The van der Waals surface area contributed by atoms with E-state index in [4.69, 9.17) is 5.14 Å². The highest BCUT2D eigenvalue weighted by Crippen LogP contribution is 2.32. The fourth-order valence-corrected chi connectivity index (χ4v) is 4.33. The van der Waals surface area contributed by atoms with E-state index in [2.05, 4.69) is 5.32 Å². The van der Waals surface area contributed by atoms with Crippen LogP contribution >= 0.6 is 11.3 Å². The molecule has 3 rings (SSSR count). The molecule has 0 bridgehead atoms. The molecule has 0 aliphatic rings. The van der Waals surface area contributed by atoms with Crippen LogP contribution in [0.25, 0.3) is 10.4 Å². The topological polar surface area (TPSA) is 89.3 Å². The van der Waals surface area contributed by atoms with Crippen LogP contribution in [-0.4, -0.2) is 20.9 Å². The lowest BCUT2D eigenvalue weighted by atomic mass is 10.1. The number of nitrogens with two attached hydrogens (primary N) is 1. The van der Waals surface area contributed by atoms with Gasteiger partial charge in [0.2, 0.25) is 10.0 Å². The van der Waals surface area contributed by atoms with Crippen molar-refractivity contribution >= 4 is 27.3 Å². The third-order valence-corrected chi connectivity index (χ3v) is 6.34. The van der Waals surface area contributed by atoms with Gasteiger partial charge in [-0.15, -0.1) is 11.3 Å². The zero-order valence-corrected chi connectivity index (χ0v) is 16.4. The van der Waals surface area contributed by atoms with Crippen LogP contribution in [0.2, 0.25) is 0 Å². The second kappa shape index (κ2) is 8.04. The van der Waals surface area contributed by atoms with E-state index in [1.807, 2.05) is 43.3 Å². The summed E-state index contributed by atoms with van der Waals surface area (Å²) < 4.78 is 22.5. The highest BCUT2D eigenvalue weighted by Gasteiger charge is 2.13. The summed E-state index contributed by atoms with van der Waals surface area (Å²) in [6.45, 7) is 2.47. The Labute approximate surface area is 162 Å². The van der Waals surface area contributed by atoms with Gasteiger partial charge in [-0.25, -0.2) is 13.6 Å². The number of primary sulfonamides is 1. The Bertz CT molecular complexity index is 1040. The molecule has 0 radical (unpaired) electrons. The van der Waals surface area contributed by atoms with Crippen molar-refractivity contribution in [3.05, 3.63) is 76.7 Å². The largest absolute Gasteiger partial charge is 0.351 e. The minimum Gasteiger partial charge on any atom is -0.351 e. The number of thiophene rings is 1. The Morgan fingerprint density at radius 3 is 2.37 bits per heavy atom. The molecule has 0 saturated carbocycles. The maximum atomic E-state index is 12.4. The first-order valence-corrected chi connectivity index (χ1v) is 10.8. The highest BCUT2D eigenvalue weighted by atomic mass is 32.2. The molecule has 3 N–H and O–H groups in total. The number of carbonyl (C=O) groups excluding carboxylic acids is 1. The van der Waals surface area contributed by atoms with Crippen LogP contribution in [0.15, 0.2) is 65.6 Å². The smallest absolute Gasteiger partial charge is 0.261 e. The molecule has 0 saturated heterocycles. The molecule has 0 aliphatic heterocycles. The van der Waals surface area contributed by atoms with Crippen molar-refractivity contribution < 1.29 is 13.2 Å². The Kier molecular flexibility index (Phi) is 5.74. The average molecular weight is 401 g/mol. The van der Waals surface area contributed by atoms with E-state index in [1.165, 1.54) is 23.5 Å². The summed E-state index contributed by atoms with van der Waals surface area (Å²) in [5.74, 6) is -0.105. The molecule has 1 aromatic heterocycles. The molecule has 3 aromatic rings. The molecule has 2 aromatic carbocycles. The van der Waals surface area contributed by atoms with Crippen molar-refractivity contribution in [2.24, 2.45) is 5.14 Å². The Morgan fingerprint density at radius 2 is 1.74 bits per heavy atom. The third kappa shape index (κ3) is 4.82. The Balaban J connectivity index is 1.60. The van der Waals surface area contributed by atoms with Gasteiger partial charge in [-0.05, 0) is 48.2 Å². The highest BCUT2D eigenvalue weighted by molar-refractivity contribution is 7.89. The zero-order valence-electron chi connectivity index (χ0n) is 14.8. The molecule has 0 aliphatic carbocycles. The molecule has 0 spiro atoms. The first-order valence-electron chi connectivity index (χ1n) is 8.40. The van der Waals surface area contributed by atoms with Gasteiger partial charge in [0.15, 0.2) is 0 Å². The van der Waals surface area contributed by atoms with Crippen molar-refractivity contribution in [1.82, 2.24) is 5.32 Å². The van der Waals surface area contributed by atoms with E-state index in [-0.39, 0.29) is 10.8 Å². The van der Waals surface area contributed by atoms with Crippen LogP contribution in [0, 0.1) is 6.92 Å². The molecule has 0 fully saturated rings. The molecule has 27 heavy (non-hydrogen) atoms. The van der Waals surface area contributed by atoms with Gasteiger partial charge in [-0.1, -0.05) is 42.5 Å². The van der Waals surface area contributed by atoms with Crippen molar-refractivity contribution in [3.63, 3.8) is 0 Å². The number of rotatable bonds is 6. The number of hydrogen-bond acceptors (Lipinski definition) is 4. The van der Waals surface area contributed by atoms with Gasteiger partial charge in [-0.3, -0.25) is 4.79 Å². The van der Waals surface area contributed by atoms with Gasteiger partial charge in [-0.2, -0.15) is 0 Å². The number of amides is 1. The lowest BCUT2D eigenvalue weighted by molar-refractivity contribution is 0.0958. The fourth-order valence-electron chi connectivity index (χ4n) is 2.72. The van der Waals surface area contributed by atoms with Gasteiger partial charge >= 0.3 is 0 Å². The molecule has 0 atom stereocenters. The first-order chi connectivity index (χ1) is 12.8. The number of sulfonamides is 1. The number of benzene rings is 2. The summed E-state index contributed by atoms with van der Waals surface area (Å²) >= 11 is 1.48. The van der Waals surface area contributed by atoms with Gasteiger partial charge in [0.05, 0.1) is 9.77 Å². The summed E-state index contributed by atoms with van der Waals surface area (Å²) in [6, 6.07) is 18.3. The number of aryl methyl sites for hydroxylation is 1. The van der Waals surface area contributed by atoms with Crippen molar-refractivity contribution in [2.45, 2.75) is 18.2 Å². The van der Waals surface area contributed by atoms with Gasteiger partial charge in [0, 0.05) is 11.4 Å². The predicted octanol–water partition coefficient (Wildman–Crippen LogP) is 3.34. The second-order valence-electron chi connectivity index (χ2n) is 6.18. The zero-order chi connectivity index (χ0) is 19.4. The lowest BCUT2D eigenvalue weighted by Crippen LogP contribution is -2.24. The third-order valence-electron chi connectivity index (χ3n) is 4.13. The van der Waals surface area contributed by atoms with Crippen molar-refractivity contribution in [2.75, 3.05) is 6.54 Å². The molecule has 140 valence electrons. The van der Waals surface area contributed by atoms with E-state index in [0.29, 0.717) is 17.8 Å². The summed E-state index contributed by atoms with van der Waals surface area (Å²) in [5, 5.41) is 8.00. The van der Waals surface area contributed by atoms with Gasteiger partial charge < -0.3 is 5.32 Å². The quantitative estimate of drug-likeness (QED) is 0.665. The van der Waals surface area contributed by atoms with E-state index >= 15 is 0 Å². The minimum absolute atomic E-state index is 0.0813. The van der Waals surface area contributed by atoms with Crippen LogP contribution < -0.4 is 10.5 Å². The normalized spacial score (nSPS) is 11.3. The van der Waals surface area contributed by atoms with E-state index < -0.39 is 10.0 Å². The SMILES string of the molecule is Cc1cc(C(=O)NCCc2ccc(S(N)(=O)=O)cc2)sc1-c1ccccc1. The van der Waals surface area contributed by atoms with Crippen LogP contribution in [0.3, 0.4) is 0 Å². The number of nitrogens with one attached hydrogen (secondary N) is 1. The molecular weight excluding hydrogens is 380 g/mol. The Hall–Kier alpha value is -2.48. The van der Waals surface area contributed by atoms with Crippen molar-refractivity contribution in [3.8, 4) is 10.4 Å². The molecule has 1 heterocycles. The monoisotopic (exact) mass is 400 g/mol. The molecule has 5 nitrogen and oxygen atoms in total. The molecular formula is C20H20N2O3S2. The minimum atomic E-state index is -3.68. The molecule has 0 unspecified atom stereocenters. The Morgan fingerprint density at radius 1 is 1.07 bits per heavy atom. The number of hydrogen-bond donors (Lipinski definition) is 2. The first kappa shape index (κ1) is 19.3. The van der Waals surface area contributed by atoms with E-state index in [1.54, 1.807) is 12.1 Å².